The number of carbonyl (C=O) groups excluding carboxylic acids is 1. The number of hydrogen-bond donors (Lipinski definition) is 1. The summed E-state index contributed by atoms with van der Waals surface area (Å²) in [7, 11) is 0. The van der Waals surface area contributed by atoms with Crippen LogP contribution in [0.1, 0.15) is 16.2 Å². The number of benzene rings is 1. The Kier molecular flexibility index (Phi) is 2.87. The van der Waals surface area contributed by atoms with Gasteiger partial charge in [-0.1, -0.05) is 23.7 Å². The van der Waals surface area contributed by atoms with Gasteiger partial charge in [-0.05, 0) is 17.7 Å². The van der Waals surface area contributed by atoms with Crippen molar-refractivity contribution in [3.63, 3.8) is 0 Å². The third-order valence-corrected chi connectivity index (χ3v) is 3.33. The van der Waals surface area contributed by atoms with Gasteiger partial charge in [-0.15, -0.1) is 5.10 Å². The predicted molar refractivity (Wildman–Crippen MR) is 69.0 cm³/mol. The van der Waals surface area contributed by atoms with Crippen molar-refractivity contribution < 1.29 is 4.79 Å². The van der Waals surface area contributed by atoms with E-state index in [1.165, 1.54) is 4.57 Å². The van der Waals surface area contributed by atoms with E-state index in [0.29, 0.717) is 24.7 Å². The standard InChI is InChI=1S/C12H11ClN4O2/c13-9-3-1-2-8(6-9)7-16-4-5-17-10(11(16)18)14-15-12(17)19/h1-3,6H,4-5,7H2,(H,15,19). The number of carbonyl (C=O) groups is 1. The van der Waals surface area contributed by atoms with E-state index in [-0.39, 0.29) is 17.4 Å². The summed E-state index contributed by atoms with van der Waals surface area (Å²) in [6.45, 7) is 1.40. The molecule has 1 aromatic carbocycles. The van der Waals surface area contributed by atoms with Gasteiger partial charge in [0, 0.05) is 24.7 Å². The van der Waals surface area contributed by atoms with Crippen molar-refractivity contribution in [2.45, 2.75) is 13.1 Å². The molecule has 0 saturated carbocycles. The molecule has 1 aliphatic heterocycles. The summed E-state index contributed by atoms with van der Waals surface area (Å²) in [5.74, 6) is -0.0807. The Labute approximate surface area is 113 Å². The Morgan fingerprint density at radius 1 is 1.32 bits per heavy atom. The number of halogens is 1. The molecule has 7 heteroatoms. The van der Waals surface area contributed by atoms with Crippen LogP contribution in [-0.4, -0.2) is 32.1 Å². The lowest BCUT2D eigenvalue weighted by Gasteiger charge is -2.26. The van der Waals surface area contributed by atoms with Crippen LogP contribution in [0.5, 0.6) is 0 Å². The molecule has 2 heterocycles. The summed E-state index contributed by atoms with van der Waals surface area (Å²) < 4.78 is 1.36. The quantitative estimate of drug-likeness (QED) is 0.886. The highest BCUT2D eigenvalue weighted by atomic mass is 35.5. The fourth-order valence-electron chi connectivity index (χ4n) is 2.16. The first-order valence-corrected chi connectivity index (χ1v) is 6.22. The van der Waals surface area contributed by atoms with Gasteiger partial charge in [-0.3, -0.25) is 9.36 Å². The van der Waals surface area contributed by atoms with Crippen molar-refractivity contribution in [3.8, 4) is 0 Å². The van der Waals surface area contributed by atoms with Crippen LogP contribution in [-0.2, 0) is 13.1 Å². The maximum atomic E-state index is 12.2. The smallest absolute Gasteiger partial charge is 0.330 e. The zero-order valence-electron chi connectivity index (χ0n) is 9.97. The van der Waals surface area contributed by atoms with Gasteiger partial charge in [0.05, 0.1) is 0 Å². The van der Waals surface area contributed by atoms with Crippen LogP contribution in [0.25, 0.3) is 0 Å². The molecule has 2 aromatic rings. The molecular weight excluding hydrogens is 268 g/mol. The number of nitrogens with zero attached hydrogens (tertiary/aromatic N) is 3. The number of aromatic amines is 1. The van der Waals surface area contributed by atoms with Gasteiger partial charge >= 0.3 is 5.69 Å². The average molecular weight is 279 g/mol. The molecule has 0 atom stereocenters. The maximum Gasteiger partial charge on any atom is 0.343 e. The van der Waals surface area contributed by atoms with E-state index in [0.717, 1.165) is 5.56 Å². The molecule has 0 radical (unpaired) electrons. The molecule has 19 heavy (non-hydrogen) atoms. The minimum Gasteiger partial charge on any atom is -0.330 e. The van der Waals surface area contributed by atoms with E-state index in [4.69, 9.17) is 11.6 Å². The molecule has 3 rings (SSSR count). The van der Waals surface area contributed by atoms with Crippen molar-refractivity contribution in [3.05, 3.63) is 51.2 Å². The first-order chi connectivity index (χ1) is 9.15. The summed E-state index contributed by atoms with van der Waals surface area (Å²) in [5, 5.41) is 6.68. The second-order valence-corrected chi connectivity index (χ2v) is 4.80. The highest BCUT2D eigenvalue weighted by Gasteiger charge is 2.27. The summed E-state index contributed by atoms with van der Waals surface area (Å²) >= 11 is 5.92. The van der Waals surface area contributed by atoms with Gasteiger partial charge in [-0.25, -0.2) is 9.89 Å². The number of rotatable bonds is 2. The Balaban J connectivity index is 1.85. The van der Waals surface area contributed by atoms with Crippen LogP contribution in [0.4, 0.5) is 0 Å². The van der Waals surface area contributed by atoms with E-state index in [2.05, 4.69) is 10.2 Å². The third kappa shape index (κ3) is 2.15. The van der Waals surface area contributed by atoms with Crippen LogP contribution in [0, 0.1) is 0 Å². The normalized spacial score (nSPS) is 14.6. The van der Waals surface area contributed by atoms with Gasteiger partial charge < -0.3 is 4.90 Å². The van der Waals surface area contributed by atoms with Crippen LogP contribution >= 0.6 is 11.6 Å². The lowest BCUT2D eigenvalue weighted by Crippen LogP contribution is -2.42. The van der Waals surface area contributed by atoms with E-state index in [9.17, 15) is 9.59 Å². The monoisotopic (exact) mass is 278 g/mol. The number of nitrogens with one attached hydrogen (secondary N) is 1. The molecule has 0 fully saturated rings. The Morgan fingerprint density at radius 3 is 2.95 bits per heavy atom. The van der Waals surface area contributed by atoms with Crippen LogP contribution in [0.3, 0.4) is 0 Å². The summed E-state index contributed by atoms with van der Waals surface area (Å²) in [4.78, 5) is 25.2. The first-order valence-electron chi connectivity index (χ1n) is 5.84. The van der Waals surface area contributed by atoms with E-state index in [1.54, 1.807) is 11.0 Å². The molecule has 1 aliphatic rings. The zero-order chi connectivity index (χ0) is 13.4. The van der Waals surface area contributed by atoms with Gasteiger partial charge in [-0.2, -0.15) is 0 Å². The molecule has 0 aliphatic carbocycles. The molecule has 0 unspecified atom stereocenters. The minimum absolute atomic E-state index is 0.165. The molecule has 0 spiro atoms. The van der Waals surface area contributed by atoms with E-state index >= 15 is 0 Å². The first kappa shape index (κ1) is 12.0. The van der Waals surface area contributed by atoms with Crippen LogP contribution in [0.2, 0.25) is 5.02 Å². The SMILES string of the molecule is O=C1c2n[nH]c(=O)n2CCN1Cc1cccc(Cl)c1. The molecule has 0 saturated heterocycles. The van der Waals surface area contributed by atoms with E-state index in [1.807, 2.05) is 18.2 Å². The summed E-state index contributed by atoms with van der Waals surface area (Å²) in [6.07, 6.45) is 0. The zero-order valence-corrected chi connectivity index (χ0v) is 10.7. The number of aromatic nitrogens is 3. The largest absolute Gasteiger partial charge is 0.343 e. The minimum atomic E-state index is -0.342. The molecular formula is C12H11ClN4O2. The van der Waals surface area contributed by atoms with E-state index < -0.39 is 0 Å². The number of H-pyrrole nitrogens is 1. The highest BCUT2D eigenvalue weighted by molar-refractivity contribution is 6.30. The highest BCUT2D eigenvalue weighted by Crippen LogP contribution is 2.15. The number of amides is 1. The van der Waals surface area contributed by atoms with Crippen LogP contribution in [0.15, 0.2) is 29.1 Å². The lowest BCUT2D eigenvalue weighted by molar-refractivity contribution is 0.0681. The molecule has 1 aromatic heterocycles. The van der Waals surface area contributed by atoms with Gasteiger partial charge in [0.15, 0.2) is 0 Å². The van der Waals surface area contributed by atoms with Crippen LogP contribution < -0.4 is 5.69 Å². The Bertz CT molecular complexity index is 691. The summed E-state index contributed by atoms with van der Waals surface area (Å²) in [5.41, 5.74) is 0.609. The van der Waals surface area contributed by atoms with Gasteiger partial charge in [0.2, 0.25) is 5.82 Å². The number of fused-ring (bicyclic) bond motifs is 1. The number of hydrogen-bond acceptors (Lipinski definition) is 3. The van der Waals surface area contributed by atoms with Crippen molar-refractivity contribution in [1.29, 1.82) is 0 Å². The molecule has 6 nitrogen and oxygen atoms in total. The summed E-state index contributed by atoms with van der Waals surface area (Å²) in [6, 6.07) is 7.36. The molecule has 1 N–H and O–H groups in total. The Hall–Kier alpha value is -2.08. The third-order valence-electron chi connectivity index (χ3n) is 3.09. The second kappa shape index (κ2) is 4.55. The van der Waals surface area contributed by atoms with Crippen molar-refractivity contribution in [2.24, 2.45) is 0 Å². The Morgan fingerprint density at radius 2 is 2.16 bits per heavy atom. The average Bonchev–Trinajstić information content (AvgIpc) is 2.76. The van der Waals surface area contributed by atoms with Crippen molar-refractivity contribution in [2.75, 3.05) is 6.54 Å². The van der Waals surface area contributed by atoms with Crippen molar-refractivity contribution >= 4 is 17.5 Å². The molecule has 98 valence electrons. The fourth-order valence-corrected chi connectivity index (χ4v) is 2.37. The second-order valence-electron chi connectivity index (χ2n) is 4.36. The molecule has 1 amide bonds. The fraction of sp³-hybridized carbons (Fsp3) is 0.250. The topological polar surface area (TPSA) is 71.0 Å². The predicted octanol–water partition coefficient (Wildman–Crippen LogP) is 0.881. The molecule has 0 bridgehead atoms. The van der Waals surface area contributed by atoms with Gasteiger partial charge in [0.1, 0.15) is 0 Å². The van der Waals surface area contributed by atoms with Crippen molar-refractivity contribution in [1.82, 2.24) is 19.7 Å². The van der Waals surface area contributed by atoms with Gasteiger partial charge in [0.25, 0.3) is 5.91 Å². The lowest BCUT2D eigenvalue weighted by atomic mass is 10.2. The maximum absolute atomic E-state index is 12.2.